The molecule has 164 valence electrons. The van der Waals surface area contributed by atoms with Crippen LogP contribution in [0.4, 0.5) is 0 Å². The molecule has 2 aliphatic heterocycles. The van der Waals surface area contributed by atoms with E-state index in [1.54, 1.807) is 16.4 Å². The molecular formula is C27H27NO3S. The van der Waals surface area contributed by atoms with Crippen molar-refractivity contribution in [3.8, 4) is 5.75 Å². The average molecular weight is 446 g/mol. The lowest BCUT2D eigenvalue weighted by Gasteiger charge is -2.38. The number of fused-ring (bicyclic) bond motifs is 3. The number of aryl methyl sites for hydroxylation is 1. The van der Waals surface area contributed by atoms with E-state index < -0.39 is 16.3 Å². The second-order valence-corrected chi connectivity index (χ2v) is 11.4. The number of nitrogens with zero attached hydrogens (tertiary/aromatic N) is 1. The molecule has 0 spiro atoms. The Labute approximate surface area is 189 Å². The third-order valence-electron chi connectivity index (χ3n) is 8.10. The highest BCUT2D eigenvalue weighted by Crippen LogP contribution is 2.68. The molecule has 3 aromatic carbocycles. The summed E-state index contributed by atoms with van der Waals surface area (Å²) in [5, 5.41) is 0. The smallest absolute Gasteiger partial charge is 0.246 e. The van der Waals surface area contributed by atoms with Crippen molar-refractivity contribution >= 4 is 10.0 Å². The monoisotopic (exact) mass is 445 g/mol. The Kier molecular flexibility index (Phi) is 4.04. The Morgan fingerprint density at radius 1 is 0.750 bits per heavy atom. The summed E-state index contributed by atoms with van der Waals surface area (Å²) in [7, 11) is -3.75. The van der Waals surface area contributed by atoms with Gasteiger partial charge in [0.25, 0.3) is 0 Å². The van der Waals surface area contributed by atoms with Crippen molar-refractivity contribution in [2.75, 3.05) is 0 Å². The number of sulfonamides is 1. The van der Waals surface area contributed by atoms with Gasteiger partial charge in [0, 0.05) is 17.4 Å². The standard InChI is InChI=1S/C27H27NO3S/c1-14-10-12-19(13-11-14)32(29,30)28-26-23-18(5)16(3)15(2)17(4)22(23)25-24(26)20-8-6-7-9-21(20)31-27(25)28/h6-13,24-27H,1-5H3/t24-,25-,26+,27+/m0/s1. The first-order chi connectivity index (χ1) is 15.2. The van der Waals surface area contributed by atoms with Crippen molar-refractivity contribution < 1.29 is 13.2 Å². The highest BCUT2D eigenvalue weighted by atomic mass is 32.2. The Bertz CT molecular complexity index is 1390. The van der Waals surface area contributed by atoms with Crippen molar-refractivity contribution in [1.82, 2.24) is 4.31 Å². The Morgan fingerprint density at radius 3 is 2.06 bits per heavy atom. The van der Waals surface area contributed by atoms with Crippen LogP contribution in [0.15, 0.2) is 53.4 Å². The summed E-state index contributed by atoms with van der Waals surface area (Å²) in [6, 6.07) is 15.0. The number of hydrogen-bond acceptors (Lipinski definition) is 3. The van der Waals surface area contributed by atoms with E-state index in [0.29, 0.717) is 4.90 Å². The van der Waals surface area contributed by atoms with Crippen molar-refractivity contribution in [1.29, 1.82) is 0 Å². The molecule has 4 nitrogen and oxygen atoms in total. The van der Waals surface area contributed by atoms with Gasteiger partial charge in [-0.3, -0.25) is 0 Å². The molecule has 3 aromatic rings. The molecule has 32 heavy (non-hydrogen) atoms. The molecule has 0 unspecified atom stereocenters. The third kappa shape index (κ3) is 2.33. The van der Waals surface area contributed by atoms with Crippen molar-refractivity contribution in [2.45, 2.75) is 63.6 Å². The minimum Gasteiger partial charge on any atom is -0.473 e. The van der Waals surface area contributed by atoms with Gasteiger partial charge in [-0.15, -0.1) is 0 Å². The lowest BCUT2D eigenvalue weighted by molar-refractivity contribution is 0.0797. The zero-order chi connectivity index (χ0) is 22.5. The van der Waals surface area contributed by atoms with E-state index in [1.165, 1.54) is 33.4 Å². The van der Waals surface area contributed by atoms with Gasteiger partial charge in [-0.05, 0) is 86.2 Å². The summed E-state index contributed by atoms with van der Waals surface area (Å²) in [6.45, 7) is 10.6. The minimum atomic E-state index is -3.75. The van der Waals surface area contributed by atoms with Gasteiger partial charge in [-0.1, -0.05) is 35.9 Å². The molecule has 2 heterocycles. The quantitative estimate of drug-likeness (QED) is 0.518. The molecular weight excluding hydrogens is 418 g/mol. The molecule has 5 heteroatoms. The van der Waals surface area contributed by atoms with Gasteiger partial charge < -0.3 is 4.74 Å². The molecule has 0 N–H and O–H groups in total. The van der Waals surface area contributed by atoms with E-state index in [2.05, 4.69) is 33.8 Å². The number of benzene rings is 3. The number of hydrogen-bond donors (Lipinski definition) is 0. The van der Waals surface area contributed by atoms with Crippen LogP contribution >= 0.6 is 0 Å². The molecule has 1 aliphatic carbocycles. The summed E-state index contributed by atoms with van der Waals surface area (Å²) in [5.74, 6) is 0.879. The Morgan fingerprint density at radius 2 is 1.38 bits per heavy atom. The Balaban J connectivity index is 1.63. The second kappa shape index (κ2) is 6.46. The van der Waals surface area contributed by atoms with E-state index in [1.807, 2.05) is 37.3 Å². The van der Waals surface area contributed by atoms with Crippen LogP contribution in [0.1, 0.15) is 62.4 Å². The highest BCUT2D eigenvalue weighted by molar-refractivity contribution is 7.89. The molecule has 1 saturated heterocycles. The molecule has 0 saturated carbocycles. The van der Waals surface area contributed by atoms with Crippen LogP contribution < -0.4 is 4.74 Å². The largest absolute Gasteiger partial charge is 0.473 e. The molecule has 0 amide bonds. The van der Waals surface area contributed by atoms with Gasteiger partial charge in [0.1, 0.15) is 5.75 Å². The number of para-hydroxylation sites is 1. The van der Waals surface area contributed by atoms with E-state index in [0.717, 1.165) is 16.9 Å². The van der Waals surface area contributed by atoms with Gasteiger partial charge in [-0.25, -0.2) is 8.42 Å². The lowest BCUT2D eigenvalue weighted by Crippen LogP contribution is -2.45. The molecule has 4 atom stereocenters. The first kappa shape index (κ1) is 20.0. The van der Waals surface area contributed by atoms with Crippen LogP contribution in [-0.2, 0) is 10.0 Å². The van der Waals surface area contributed by atoms with E-state index in [4.69, 9.17) is 4.74 Å². The van der Waals surface area contributed by atoms with Crippen molar-refractivity contribution in [3.05, 3.63) is 93.0 Å². The Hall–Kier alpha value is -2.63. The SMILES string of the molecule is Cc1ccc(S(=O)(=O)N2[C@@H]3Oc4ccccc4[C@H]4[C@@H]3c3c(C)c(C)c(C)c(C)c3[C@H]42)cc1. The fraction of sp³-hybridized carbons (Fsp3) is 0.333. The molecule has 0 aromatic heterocycles. The predicted molar refractivity (Wildman–Crippen MR) is 125 cm³/mol. The first-order valence-corrected chi connectivity index (χ1v) is 12.6. The van der Waals surface area contributed by atoms with Crippen molar-refractivity contribution in [2.24, 2.45) is 0 Å². The van der Waals surface area contributed by atoms with E-state index >= 15 is 0 Å². The third-order valence-corrected chi connectivity index (χ3v) is 9.95. The van der Waals surface area contributed by atoms with Crippen LogP contribution in [0.3, 0.4) is 0 Å². The summed E-state index contributed by atoms with van der Waals surface area (Å²) in [4.78, 5) is 0.328. The van der Waals surface area contributed by atoms with Crippen LogP contribution in [0.5, 0.6) is 5.75 Å². The number of ether oxygens (including phenoxy) is 1. The topological polar surface area (TPSA) is 46.6 Å². The molecule has 1 fully saturated rings. The van der Waals surface area contributed by atoms with Gasteiger partial charge in [0.15, 0.2) is 6.23 Å². The van der Waals surface area contributed by atoms with Crippen LogP contribution in [0.25, 0.3) is 0 Å². The fourth-order valence-electron chi connectivity index (χ4n) is 6.26. The van der Waals surface area contributed by atoms with Crippen molar-refractivity contribution in [3.63, 3.8) is 0 Å². The zero-order valence-corrected chi connectivity index (χ0v) is 19.8. The maximum Gasteiger partial charge on any atom is 0.246 e. The summed E-state index contributed by atoms with van der Waals surface area (Å²) in [5.41, 5.74) is 9.69. The zero-order valence-electron chi connectivity index (χ0n) is 19.0. The van der Waals surface area contributed by atoms with Crippen LogP contribution in [-0.4, -0.2) is 19.0 Å². The summed E-state index contributed by atoms with van der Waals surface area (Å²) < 4.78 is 36.2. The van der Waals surface area contributed by atoms with E-state index in [9.17, 15) is 8.42 Å². The van der Waals surface area contributed by atoms with Gasteiger partial charge in [0.2, 0.25) is 10.0 Å². The maximum atomic E-state index is 14.0. The van der Waals surface area contributed by atoms with Crippen LogP contribution in [0.2, 0.25) is 0 Å². The highest BCUT2D eigenvalue weighted by Gasteiger charge is 2.65. The summed E-state index contributed by atoms with van der Waals surface area (Å²) in [6.07, 6.45) is -0.529. The lowest BCUT2D eigenvalue weighted by atomic mass is 9.82. The predicted octanol–water partition coefficient (Wildman–Crippen LogP) is 5.57. The van der Waals surface area contributed by atoms with Crippen LogP contribution in [0, 0.1) is 34.6 Å². The molecule has 6 rings (SSSR count). The molecule has 0 radical (unpaired) electrons. The fourth-order valence-corrected chi connectivity index (χ4v) is 7.97. The van der Waals surface area contributed by atoms with Gasteiger partial charge in [0.05, 0.1) is 10.9 Å². The minimum absolute atomic E-state index is 0.00289. The maximum absolute atomic E-state index is 14.0. The average Bonchev–Trinajstić information content (AvgIpc) is 3.24. The van der Waals surface area contributed by atoms with Gasteiger partial charge in [-0.2, -0.15) is 4.31 Å². The number of rotatable bonds is 2. The normalized spacial score (nSPS) is 25.4. The van der Waals surface area contributed by atoms with Gasteiger partial charge >= 0.3 is 0 Å². The molecule has 3 aliphatic rings. The second-order valence-electron chi connectivity index (χ2n) is 9.52. The first-order valence-electron chi connectivity index (χ1n) is 11.2. The summed E-state index contributed by atoms with van der Waals surface area (Å²) >= 11 is 0. The van der Waals surface area contributed by atoms with E-state index in [-0.39, 0.29) is 17.9 Å². The molecule has 4 bridgehead atoms.